The fraction of sp³-hybridized carbons (Fsp3) is 0.538. The topological polar surface area (TPSA) is 86.8 Å². The fourth-order valence-electron chi connectivity index (χ4n) is 4.65. The molecule has 1 saturated heterocycles. The van der Waals surface area contributed by atoms with Crippen molar-refractivity contribution in [3.05, 3.63) is 47.0 Å². The van der Waals surface area contributed by atoms with Gasteiger partial charge in [-0.2, -0.15) is 0 Å². The normalized spacial score (nSPS) is 20.3. The van der Waals surface area contributed by atoms with Crippen LogP contribution in [0.1, 0.15) is 57.9 Å². The van der Waals surface area contributed by atoms with E-state index in [1.54, 1.807) is 17.0 Å². The van der Waals surface area contributed by atoms with Crippen molar-refractivity contribution in [2.45, 2.75) is 65.0 Å². The largest absolute Gasteiger partial charge is 0.354 e. The minimum Gasteiger partial charge on any atom is -0.354 e. The first-order chi connectivity index (χ1) is 16.4. The lowest BCUT2D eigenvalue weighted by Gasteiger charge is -2.31. The number of nitrogens with zero attached hydrogens (tertiary/aromatic N) is 2. The molecule has 7 nitrogen and oxygen atoms in total. The molecule has 3 rings (SSSR count). The Hall–Kier alpha value is -2.67. The highest BCUT2D eigenvalue weighted by atomic mass is 35.5. The zero-order valence-electron chi connectivity index (χ0n) is 20.0. The first-order valence-electron chi connectivity index (χ1n) is 12.2. The summed E-state index contributed by atoms with van der Waals surface area (Å²) in [4.78, 5) is 54.7. The zero-order chi connectivity index (χ0) is 24.7. The number of hydrogen-bond donors (Lipinski definition) is 1. The number of amides is 4. The number of carbonyl (C=O) groups excluding carboxylic acids is 4. The second-order valence-corrected chi connectivity index (χ2v) is 9.39. The molecule has 1 aliphatic heterocycles. The van der Waals surface area contributed by atoms with Gasteiger partial charge in [0.05, 0.1) is 11.8 Å². The van der Waals surface area contributed by atoms with Gasteiger partial charge in [-0.25, -0.2) is 0 Å². The van der Waals surface area contributed by atoms with E-state index in [2.05, 4.69) is 5.32 Å². The Labute approximate surface area is 206 Å². The Morgan fingerprint density at radius 1 is 1.09 bits per heavy atom. The molecule has 8 heteroatoms. The summed E-state index contributed by atoms with van der Waals surface area (Å²) < 4.78 is 0. The van der Waals surface area contributed by atoms with E-state index in [4.69, 9.17) is 11.6 Å². The molecule has 184 valence electrons. The number of imide groups is 1. The van der Waals surface area contributed by atoms with Crippen LogP contribution in [-0.4, -0.2) is 52.6 Å². The molecule has 1 aromatic carbocycles. The van der Waals surface area contributed by atoms with Crippen molar-refractivity contribution in [3.63, 3.8) is 0 Å². The third kappa shape index (κ3) is 6.06. The van der Waals surface area contributed by atoms with Gasteiger partial charge in [0, 0.05) is 31.1 Å². The second-order valence-electron chi connectivity index (χ2n) is 8.95. The number of fused-ring (bicyclic) bond motifs is 1. The third-order valence-electron chi connectivity index (χ3n) is 6.63. The van der Waals surface area contributed by atoms with Crippen LogP contribution in [0.3, 0.4) is 0 Å². The van der Waals surface area contributed by atoms with Crippen molar-refractivity contribution < 1.29 is 19.2 Å². The summed E-state index contributed by atoms with van der Waals surface area (Å²) in [6.07, 6.45) is 7.28. The van der Waals surface area contributed by atoms with E-state index in [0.717, 1.165) is 18.4 Å². The standard InChI is InChI=1S/C26H34ClN3O4/c1-3-5-15-28-24(32)22(4-2)30(17-18-10-12-19(27)13-11-18)23(31)14-16-29-25(33)20-8-6-7-9-21(20)26(29)34/h6-7,10-13,20-22H,3-5,8-9,14-17H2,1-2H3,(H,28,32)/t20-,21+,22-/m1/s1. The molecule has 0 radical (unpaired) electrons. The maximum absolute atomic E-state index is 13.4. The number of carbonyl (C=O) groups is 4. The van der Waals surface area contributed by atoms with Crippen molar-refractivity contribution >= 4 is 35.2 Å². The van der Waals surface area contributed by atoms with Gasteiger partial charge in [0.2, 0.25) is 23.6 Å². The van der Waals surface area contributed by atoms with E-state index in [1.807, 2.05) is 38.1 Å². The van der Waals surface area contributed by atoms with Gasteiger partial charge in [-0.05, 0) is 43.4 Å². The molecular formula is C26H34ClN3O4. The minimum absolute atomic E-state index is 0.0172. The Bertz CT molecular complexity index is 904. The van der Waals surface area contributed by atoms with Crippen LogP contribution in [0.4, 0.5) is 0 Å². The molecule has 1 N–H and O–H groups in total. The molecule has 0 aromatic heterocycles. The predicted molar refractivity (Wildman–Crippen MR) is 131 cm³/mol. The lowest BCUT2D eigenvalue weighted by molar-refractivity contribution is -0.144. The maximum Gasteiger partial charge on any atom is 0.242 e. The molecule has 1 aromatic rings. The van der Waals surface area contributed by atoms with E-state index in [1.165, 1.54) is 4.90 Å². The molecule has 1 fully saturated rings. The smallest absolute Gasteiger partial charge is 0.242 e. The van der Waals surface area contributed by atoms with Crippen LogP contribution >= 0.6 is 11.6 Å². The molecule has 3 atom stereocenters. The van der Waals surface area contributed by atoms with E-state index in [-0.39, 0.29) is 55.0 Å². The van der Waals surface area contributed by atoms with Gasteiger partial charge >= 0.3 is 0 Å². The lowest BCUT2D eigenvalue weighted by Crippen LogP contribution is -2.49. The second kappa shape index (κ2) is 12.2. The van der Waals surface area contributed by atoms with Gasteiger partial charge in [-0.1, -0.05) is 56.2 Å². The number of hydrogen-bond acceptors (Lipinski definition) is 4. The van der Waals surface area contributed by atoms with E-state index in [0.29, 0.717) is 30.8 Å². The molecule has 1 heterocycles. The van der Waals surface area contributed by atoms with Gasteiger partial charge in [0.15, 0.2) is 0 Å². The predicted octanol–water partition coefficient (Wildman–Crippen LogP) is 3.70. The van der Waals surface area contributed by atoms with Crippen LogP contribution in [0.15, 0.2) is 36.4 Å². The monoisotopic (exact) mass is 487 g/mol. The summed E-state index contributed by atoms with van der Waals surface area (Å²) in [6, 6.07) is 6.51. The Morgan fingerprint density at radius 3 is 2.26 bits per heavy atom. The molecule has 34 heavy (non-hydrogen) atoms. The summed E-state index contributed by atoms with van der Waals surface area (Å²) in [7, 11) is 0. The summed E-state index contributed by atoms with van der Waals surface area (Å²) in [5.41, 5.74) is 0.850. The molecule has 0 saturated carbocycles. The van der Waals surface area contributed by atoms with Crippen LogP contribution in [0.2, 0.25) is 5.02 Å². The van der Waals surface area contributed by atoms with Gasteiger partial charge in [0.25, 0.3) is 0 Å². The van der Waals surface area contributed by atoms with Crippen molar-refractivity contribution in [1.82, 2.24) is 15.1 Å². The highest BCUT2D eigenvalue weighted by Gasteiger charge is 2.47. The minimum atomic E-state index is -0.642. The Balaban J connectivity index is 1.72. The Kier molecular flexibility index (Phi) is 9.28. The summed E-state index contributed by atoms with van der Waals surface area (Å²) in [6.45, 7) is 4.76. The van der Waals surface area contributed by atoms with Crippen LogP contribution in [0.25, 0.3) is 0 Å². The quantitative estimate of drug-likeness (QED) is 0.293. The molecule has 0 unspecified atom stereocenters. The van der Waals surface area contributed by atoms with Crippen LogP contribution in [0.5, 0.6) is 0 Å². The number of rotatable bonds is 11. The van der Waals surface area contributed by atoms with Gasteiger partial charge in [0.1, 0.15) is 6.04 Å². The van der Waals surface area contributed by atoms with E-state index >= 15 is 0 Å². The van der Waals surface area contributed by atoms with E-state index in [9.17, 15) is 19.2 Å². The first-order valence-corrected chi connectivity index (χ1v) is 12.6. The maximum atomic E-state index is 13.4. The SMILES string of the molecule is CCCCNC(=O)[C@@H](CC)N(Cc1ccc(Cl)cc1)C(=O)CCN1C(=O)[C@H]2CC=CC[C@H]2C1=O. The average molecular weight is 488 g/mol. The number of likely N-dealkylation sites (tertiary alicyclic amines) is 1. The lowest BCUT2D eigenvalue weighted by atomic mass is 9.85. The molecule has 1 aliphatic carbocycles. The zero-order valence-corrected chi connectivity index (χ0v) is 20.7. The van der Waals surface area contributed by atoms with Crippen molar-refractivity contribution in [3.8, 4) is 0 Å². The van der Waals surface area contributed by atoms with Gasteiger partial charge < -0.3 is 10.2 Å². The van der Waals surface area contributed by atoms with Crippen LogP contribution in [-0.2, 0) is 25.7 Å². The average Bonchev–Trinajstić information content (AvgIpc) is 3.08. The Morgan fingerprint density at radius 2 is 1.71 bits per heavy atom. The highest BCUT2D eigenvalue weighted by molar-refractivity contribution is 6.30. The molecule has 0 bridgehead atoms. The third-order valence-corrected chi connectivity index (χ3v) is 6.88. The van der Waals surface area contributed by atoms with Crippen molar-refractivity contribution in [2.75, 3.05) is 13.1 Å². The fourth-order valence-corrected chi connectivity index (χ4v) is 4.78. The number of allylic oxidation sites excluding steroid dienone is 2. The first kappa shape index (κ1) is 25.9. The summed E-state index contributed by atoms with van der Waals surface area (Å²) in [5, 5.41) is 3.52. The molecular weight excluding hydrogens is 454 g/mol. The van der Waals surface area contributed by atoms with Crippen LogP contribution < -0.4 is 5.32 Å². The number of halogens is 1. The summed E-state index contributed by atoms with van der Waals surface area (Å²) in [5.74, 6) is -1.47. The van der Waals surface area contributed by atoms with Crippen molar-refractivity contribution in [1.29, 1.82) is 0 Å². The van der Waals surface area contributed by atoms with E-state index < -0.39 is 6.04 Å². The van der Waals surface area contributed by atoms with Gasteiger partial charge in [-0.15, -0.1) is 0 Å². The number of unbranched alkanes of at least 4 members (excludes halogenated alkanes) is 1. The van der Waals surface area contributed by atoms with Crippen molar-refractivity contribution in [2.24, 2.45) is 11.8 Å². The summed E-state index contributed by atoms with van der Waals surface area (Å²) >= 11 is 6.01. The highest BCUT2D eigenvalue weighted by Crippen LogP contribution is 2.35. The number of nitrogens with one attached hydrogen (secondary N) is 1. The molecule has 0 spiro atoms. The van der Waals surface area contributed by atoms with Crippen LogP contribution in [0, 0.1) is 11.8 Å². The molecule has 2 aliphatic rings. The number of benzene rings is 1. The van der Waals surface area contributed by atoms with Gasteiger partial charge in [-0.3, -0.25) is 24.1 Å². The molecule has 4 amide bonds.